The van der Waals surface area contributed by atoms with Crippen molar-refractivity contribution in [3.63, 3.8) is 0 Å². The molecule has 2 saturated heterocycles. The molecule has 2 fully saturated rings. The van der Waals surface area contributed by atoms with E-state index in [-0.39, 0.29) is 30.2 Å². The van der Waals surface area contributed by atoms with Crippen LogP contribution in [0.1, 0.15) is 40.0 Å². The Morgan fingerprint density at radius 2 is 1.93 bits per heavy atom. The largest absolute Gasteiger partial charge is 0.387 e. The third-order valence-electron chi connectivity index (χ3n) is 6.21. The van der Waals surface area contributed by atoms with E-state index in [1.165, 1.54) is 18.7 Å². The minimum atomic E-state index is -2.36. The summed E-state index contributed by atoms with van der Waals surface area (Å²) in [6.07, 6.45) is -5.06. The molecule has 1 amide bonds. The molecule has 5 N–H and O–H groups in total. The number of ether oxygens (including phenoxy) is 1. The molecule has 0 aromatic carbocycles. The number of alkyl halides is 2. The van der Waals surface area contributed by atoms with Gasteiger partial charge in [-0.15, -0.1) is 11.8 Å². The van der Waals surface area contributed by atoms with Gasteiger partial charge in [-0.1, -0.05) is 13.8 Å². The van der Waals surface area contributed by atoms with Crippen molar-refractivity contribution in [2.75, 3.05) is 12.8 Å². The van der Waals surface area contributed by atoms with Crippen LogP contribution < -0.4 is 10.6 Å². The zero-order valence-corrected chi connectivity index (χ0v) is 18.2. The van der Waals surface area contributed by atoms with Crippen molar-refractivity contribution in [2.24, 2.45) is 11.8 Å². The summed E-state index contributed by atoms with van der Waals surface area (Å²) in [5, 5.41) is 37.7. The van der Waals surface area contributed by atoms with E-state index in [4.69, 9.17) is 4.74 Å². The molecule has 0 aromatic heterocycles. The zero-order valence-electron chi connectivity index (χ0n) is 17.3. The van der Waals surface area contributed by atoms with Gasteiger partial charge in [-0.2, -0.15) is 0 Å². The van der Waals surface area contributed by atoms with Gasteiger partial charge in [0.15, 0.2) is 0 Å². The maximum absolute atomic E-state index is 12.6. The molecule has 0 radical (unpaired) electrons. The van der Waals surface area contributed by atoms with Gasteiger partial charge in [-0.3, -0.25) is 4.79 Å². The van der Waals surface area contributed by atoms with Crippen LogP contribution in [0.15, 0.2) is 0 Å². The molecule has 170 valence electrons. The Balaban J connectivity index is 2.37. The molecule has 0 spiro atoms. The van der Waals surface area contributed by atoms with Gasteiger partial charge >= 0.3 is 0 Å². The first-order valence-electron chi connectivity index (χ1n) is 10.1. The maximum Gasteiger partial charge on any atom is 0.238 e. The van der Waals surface area contributed by atoms with E-state index in [2.05, 4.69) is 10.6 Å². The van der Waals surface area contributed by atoms with Crippen LogP contribution in [0.3, 0.4) is 0 Å². The van der Waals surface area contributed by atoms with Crippen molar-refractivity contribution in [3.05, 3.63) is 0 Å². The SMILES string of the molecule is CSC1OC(C(NC(C)=O)(C(C)C)C2CC(CCC(F)F)CN2)C(O)C(O)C1O. The van der Waals surface area contributed by atoms with Gasteiger partial charge in [0.2, 0.25) is 12.3 Å². The van der Waals surface area contributed by atoms with Crippen LogP contribution in [0.5, 0.6) is 0 Å². The normalized spacial score (nSPS) is 37.7. The summed E-state index contributed by atoms with van der Waals surface area (Å²) < 4.78 is 31.3. The average molecular weight is 441 g/mol. The summed E-state index contributed by atoms with van der Waals surface area (Å²) in [5.41, 5.74) is -1.87. The van der Waals surface area contributed by atoms with Crippen LogP contribution in [0.25, 0.3) is 0 Å². The van der Waals surface area contributed by atoms with Crippen molar-refractivity contribution in [1.29, 1.82) is 0 Å². The summed E-state index contributed by atoms with van der Waals surface area (Å²) in [4.78, 5) is 12.2. The van der Waals surface area contributed by atoms with Gasteiger partial charge in [0.05, 0.1) is 5.54 Å². The van der Waals surface area contributed by atoms with Crippen molar-refractivity contribution < 1.29 is 33.6 Å². The molecule has 2 aliphatic rings. The molecule has 8 unspecified atom stereocenters. The first-order chi connectivity index (χ1) is 13.5. The maximum atomic E-state index is 12.6. The molecule has 29 heavy (non-hydrogen) atoms. The van der Waals surface area contributed by atoms with E-state index in [9.17, 15) is 28.9 Å². The summed E-state index contributed by atoms with van der Waals surface area (Å²) in [6, 6.07) is -0.348. The summed E-state index contributed by atoms with van der Waals surface area (Å²) >= 11 is 1.20. The molecule has 2 rings (SSSR count). The van der Waals surface area contributed by atoms with Crippen molar-refractivity contribution >= 4 is 17.7 Å². The first kappa shape index (κ1) is 24.7. The number of rotatable bonds is 8. The summed E-state index contributed by atoms with van der Waals surface area (Å²) in [7, 11) is 0. The monoisotopic (exact) mass is 440 g/mol. The van der Waals surface area contributed by atoms with Crippen molar-refractivity contribution in [2.45, 2.75) is 87.9 Å². The molecular weight excluding hydrogens is 406 g/mol. The summed E-state index contributed by atoms with van der Waals surface area (Å²) in [6.45, 7) is 5.65. The Morgan fingerprint density at radius 1 is 1.28 bits per heavy atom. The van der Waals surface area contributed by atoms with Gasteiger partial charge in [-0.25, -0.2) is 8.78 Å². The average Bonchev–Trinajstić information content (AvgIpc) is 3.12. The van der Waals surface area contributed by atoms with Gasteiger partial charge in [0, 0.05) is 19.4 Å². The predicted octanol–water partition coefficient (Wildman–Crippen LogP) is 0.711. The standard InChI is InChI=1S/C19H34F2N2O5S/c1-9(2)19(23-10(3)24,12-7-11(8-22-12)5-6-13(20)21)17-15(26)14(25)16(27)18(28-17)29-4/h9,11-18,22,25-27H,5-8H2,1-4H3,(H,23,24). The summed E-state index contributed by atoms with van der Waals surface area (Å²) in [5.74, 6) is -0.538. The van der Waals surface area contributed by atoms with Crippen LogP contribution in [-0.2, 0) is 9.53 Å². The highest BCUT2D eigenvalue weighted by atomic mass is 32.2. The zero-order chi connectivity index (χ0) is 21.9. The van der Waals surface area contributed by atoms with E-state index in [0.29, 0.717) is 19.4 Å². The van der Waals surface area contributed by atoms with E-state index in [1.807, 2.05) is 13.8 Å². The van der Waals surface area contributed by atoms with Crippen LogP contribution in [0.2, 0.25) is 0 Å². The highest BCUT2D eigenvalue weighted by Crippen LogP contribution is 2.41. The second-order valence-electron chi connectivity index (χ2n) is 8.43. The quantitative estimate of drug-likeness (QED) is 0.378. The fraction of sp³-hybridized carbons (Fsp3) is 0.947. The van der Waals surface area contributed by atoms with Crippen LogP contribution in [0, 0.1) is 11.8 Å². The second-order valence-corrected chi connectivity index (χ2v) is 9.37. The number of aliphatic hydroxyl groups is 3. The Bertz CT molecular complexity index is 557. The Labute approximate surface area is 175 Å². The molecular formula is C19H34F2N2O5S. The number of carbonyl (C=O) groups is 1. The molecule has 8 atom stereocenters. The minimum absolute atomic E-state index is 0.00785. The Kier molecular flexibility index (Phi) is 8.70. The number of aliphatic hydroxyl groups excluding tert-OH is 3. The lowest BCUT2D eigenvalue weighted by atomic mass is 9.70. The lowest BCUT2D eigenvalue weighted by Crippen LogP contribution is -2.75. The van der Waals surface area contributed by atoms with Crippen molar-refractivity contribution in [1.82, 2.24) is 10.6 Å². The van der Waals surface area contributed by atoms with Gasteiger partial charge in [0.1, 0.15) is 29.9 Å². The number of thioether (sulfide) groups is 1. The predicted molar refractivity (Wildman–Crippen MR) is 107 cm³/mol. The van der Waals surface area contributed by atoms with E-state index in [0.717, 1.165) is 0 Å². The van der Waals surface area contributed by atoms with Crippen molar-refractivity contribution in [3.8, 4) is 0 Å². The molecule has 0 aromatic rings. The highest BCUT2D eigenvalue weighted by molar-refractivity contribution is 7.99. The number of hydrogen-bond acceptors (Lipinski definition) is 7. The smallest absolute Gasteiger partial charge is 0.238 e. The minimum Gasteiger partial charge on any atom is -0.387 e. The molecule has 2 aliphatic heterocycles. The van der Waals surface area contributed by atoms with Gasteiger partial charge in [0.25, 0.3) is 0 Å². The molecule has 7 nitrogen and oxygen atoms in total. The Hall–Kier alpha value is -0.520. The van der Waals surface area contributed by atoms with Crippen LogP contribution in [0.4, 0.5) is 8.78 Å². The van der Waals surface area contributed by atoms with E-state index >= 15 is 0 Å². The third-order valence-corrected chi connectivity index (χ3v) is 7.07. The van der Waals surface area contributed by atoms with Gasteiger partial charge < -0.3 is 30.7 Å². The number of hydrogen-bond donors (Lipinski definition) is 5. The van der Waals surface area contributed by atoms with E-state index < -0.39 is 41.8 Å². The Morgan fingerprint density at radius 3 is 2.45 bits per heavy atom. The number of halogens is 2. The molecule has 10 heteroatoms. The lowest BCUT2D eigenvalue weighted by molar-refractivity contribution is -0.226. The molecule has 2 heterocycles. The number of nitrogens with one attached hydrogen (secondary N) is 2. The third kappa shape index (κ3) is 5.22. The first-order valence-corrected chi connectivity index (χ1v) is 11.4. The molecule has 0 saturated carbocycles. The van der Waals surface area contributed by atoms with E-state index in [1.54, 1.807) is 6.26 Å². The second kappa shape index (κ2) is 10.2. The van der Waals surface area contributed by atoms with Crippen LogP contribution >= 0.6 is 11.8 Å². The number of carbonyl (C=O) groups excluding carboxylic acids is 1. The highest BCUT2D eigenvalue weighted by Gasteiger charge is 2.58. The van der Waals surface area contributed by atoms with Crippen LogP contribution in [-0.4, -0.2) is 81.9 Å². The topological polar surface area (TPSA) is 111 Å². The van der Waals surface area contributed by atoms with Gasteiger partial charge in [-0.05, 0) is 37.5 Å². The fourth-order valence-electron chi connectivity index (χ4n) is 4.73. The molecule has 0 bridgehead atoms. The number of amides is 1. The fourth-order valence-corrected chi connectivity index (χ4v) is 5.40. The molecule has 0 aliphatic carbocycles. The lowest BCUT2D eigenvalue weighted by Gasteiger charge is -2.53.